The Morgan fingerprint density at radius 2 is 1.54 bits per heavy atom. The van der Waals surface area contributed by atoms with Crippen LogP contribution in [0.1, 0.15) is 17.7 Å². The molecule has 26 heavy (non-hydrogen) atoms. The lowest BCUT2D eigenvalue weighted by atomic mass is 10.1. The monoisotopic (exact) mass is 341 g/mol. The van der Waals surface area contributed by atoms with Crippen LogP contribution in [0.4, 0.5) is 0 Å². The van der Waals surface area contributed by atoms with Crippen LogP contribution in [0.15, 0.2) is 83.8 Å². The summed E-state index contributed by atoms with van der Waals surface area (Å²) in [4.78, 5) is 22.1. The molecule has 0 saturated carbocycles. The highest BCUT2D eigenvalue weighted by Gasteiger charge is 2.13. The zero-order valence-electron chi connectivity index (χ0n) is 14.4. The van der Waals surface area contributed by atoms with Crippen molar-refractivity contribution in [2.24, 2.45) is 0 Å². The van der Waals surface area contributed by atoms with Crippen LogP contribution in [0, 0.1) is 0 Å². The third kappa shape index (κ3) is 3.26. The lowest BCUT2D eigenvalue weighted by Crippen LogP contribution is -2.25. The predicted octanol–water partition coefficient (Wildman–Crippen LogP) is 3.96. The molecule has 0 atom stereocenters. The van der Waals surface area contributed by atoms with Gasteiger partial charge < -0.3 is 0 Å². The summed E-state index contributed by atoms with van der Waals surface area (Å²) < 4.78 is 1.67. The van der Waals surface area contributed by atoms with Crippen LogP contribution < -0.4 is 5.56 Å². The van der Waals surface area contributed by atoms with Crippen molar-refractivity contribution >= 4 is 11.2 Å². The molecule has 0 unspecified atom stereocenters. The first kappa shape index (κ1) is 16.2. The number of pyridine rings is 1. The van der Waals surface area contributed by atoms with Crippen molar-refractivity contribution in [2.45, 2.75) is 19.3 Å². The summed E-state index contributed by atoms with van der Waals surface area (Å²) >= 11 is 0. The molecule has 0 saturated heterocycles. The summed E-state index contributed by atoms with van der Waals surface area (Å²) in [5.41, 5.74) is 3.92. The molecule has 0 radical (unpaired) electrons. The van der Waals surface area contributed by atoms with Gasteiger partial charge in [-0.2, -0.15) is 0 Å². The Hall–Kier alpha value is -3.27. The van der Waals surface area contributed by atoms with E-state index in [1.165, 1.54) is 5.56 Å². The van der Waals surface area contributed by atoms with Gasteiger partial charge in [0.25, 0.3) is 5.56 Å². The molecule has 0 bridgehead atoms. The van der Waals surface area contributed by atoms with Crippen LogP contribution in [0.3, 0.4) is 0 Å². The van der Waals surface area contributed by atoms with Crippen LogP contribution in [-0.2, 0) is 12.8 Å². The van der Waals surface area contributed by atoms with Gasteiger partial charge in [0, 0.05) is 6.20 Å². The molecule has 0 fully saturated rings. The first-order chi connectivity index (χ1) is 12.8. The average molecular weight is 341 g/mol. The van der Waals surface area contributed by atoms with Crippen LogP contribution in [-0.4, -0.2) is 14.5 Å². The zero-order chi connectivity index (χ0) is 17.8. The van der Waals surface area contributed by atoms with Crippen molar-refractivity contribution in [3.8, 4) is 5.69 Å². The van der Waals surface area contributed by atoms with E-state index in [4.69, 9.17) is 0 Å². The Morgan fingerprint density at radius 3 is 2.31 bits per heavy atom. The fraction of sp³-hybridized carbons (Fsp3) is 0.136. The predicted molar refractivity (Wildman–Crippen MR) is 104 cm³/mol. The van der Waals surface area contributed by atoms with Crippen LogP contribution in [0.5, 0.6) is 0 Å². The number of benzene rings is 2. The summed E-state index contributed by atoms with van der Waals surface area (Å²) in [7, 11) is 0. The number of nitrogens with zero attached hydrogens (tertiary/aromatic N) is 3. The molecule has 4 aromatic rings. The van der Waals surface area contributed by atoms with E-state index in [0.29, 0.717) is 17.8 Å². The van der Waals surface area contributed by atoms with Gasteiger partial charge in [-0.1, -0.05) is 48.5 Å². The quantitative estimate of drug-likeness (QED) is 0.552. The fourth-order valence-corrected chi connectivity index (χ4v) is 3.15. The van der Waals surface area contributed by atoms with E-state index >= 15 is 0 Å². The van der Waals surface area contributed by atoms with Crippen LogP contribution in [0.2, 0.25) is 0 Å². The highest BCUT2D eigenvalue weighted by atomic mass is 16.1. The van der Waals surface area contributed by atoms with Gasteiger partial charge in [0.2, 0.25) is 0 Å². The molecule has 2 aromatic carbocycles. The Balaban J connectivity index is 1.71. The van der Waals surface area contributed by atoms with Crippen LogP contribution >= 0.6 is 0 Å². The van der Waals surface area contributed by atoms with Crippen molar-refractivity contribution in [3.05, 3.63) is 101 Å². The molecular formula is C22H19N3O. The Bertz CT molecular complexity index is 1070. The topological polar surface area (TPSA) is 47.8 Å². The van der Waals surface area contributed by atoms with Gasteiger partial charge in [-0.25, -0.2) is 9.97 Å². The van der Waals surface area contributed by atoms with Gasteiger partial charge in [-0.15, -0.1) is 0 Å². The summed E-state index contributed by atoms with van der Waals surface area (Å²) in [6.07, 6.45) is 4.15. The van der Waals surface area contributed by atoms with Crippen molar-refractivity contribution in [1.29, 1.82) is 0 Å². The maximum absolute atomic E-state index is 13.1. The number of fused-ring (bicyclic) bond motifs is 1. The first-order valence-corrected chi connectivity index (χ1v) is 8.79. The zero-order valence-corrected chi connectivity index (χ0v) is 14.4. The van der Waals surface area contributed by atoms with Crippen LogP contribution in [0.25, 0.3) is 16.9 Å². The number of aryl methyl sites for hydroxylation is 2. The minimum absolute atomic E-state index is 0.0875. The lowest BCUT2D eigenvalue weighted by molar-refractivity contribution is 0.779. The second kappa shape index (κ2) is 7.31. The number of hydrogen-bond donors (Lipinski definition) is 0. The Kier molecular flexibility index (Phi) is 4.56. The summed E-state index contributed by atoms with van der Waals surface area (Å²) in [5, 5.41) is 0. The highest BCUT2D eigenvalue weighted by Crippen LogP contribution is 2.14. The third-order valence-corrected chi connectivity index (χ3v) is 4.42. The van der Waals surface area contributed by atoms with Gasteiger partial charge in [0.15, 0.2) is 5.65 Å². The van der Waals surface area contributed by atoms with E-state index in [2.05, 4.69) is 22.1 Å². The summed E-state index contributed by atoms with van der Waals surface area (Å²) in [5.74, 6) is 0. The molecule has 2 aromatic heterocycles. The Labute approximate surface area is 151 Å². The molecule has 0 aliphatic rings. The number of rotatable bonds is 5. The number of aromatic nitrogens is 3. The maximum Gasteiger partial charge on any atom is 0.278 e. The van der Waals surface area contributed by atoms with E-state index in [1.54, 1.807) is 10.8 Å². The van der Waals surface area contributed by atoms with Crippen molar-refractivity contribution < 1.29 is 0 Å². The molecule has 0 spiro atoms. The standard InChI is InChI=1S/C22H19N3O/c26-22-20(14-7-11-17-9-3-1-4-10-17)24-19-15-8-16-23-21(19)25(22)18-12-5-2-6-13-18/h1-6,8-10,12-13,15-16H,7,11,14H2. The second-order valence-electron chi connectivity index (χ2n) is 6.22. The second-order valence-corrected chi connectivity index (χ2v) is 6.22. The van der Waals surface area contributed by atoms with Crippen molar-refractivity contribution in [2.75, 3.05) is 0 Å². The normalized spacial score (nSPS) is 10.9. The largest absolute Gasteiger partial charge is 0.278 e. The molecule has 2 heterocycles. The minimum Gasteiger partial charge on any atom is -0.267 e. The number of hydrogen-bond acceptors (Lipinski definition) is 3. The van der Waals surface area contributed by atoms with Gasteiger partial charge >= 0.3 is 0 Å². The molecule has 0 aliphatic carbocycles. The van der Waals surface area contributed by atoms with E-state index in [9.17, 15) is 4.79 Å². The molecule has 0 aliphatic heterocycles. The van der Waals surface area contributed by atoms with Gasteiger partial charge in [0.1, 0.15) is 11.2 Å². The first-order valence-electron chi connectivity index (χ1n) is 8.79. The molecule has 0 N–H and O–H groups in total. The maximum atomic E-state index is 13.1. The molecule has 4 nitrogen and oxygen atoms in total. The molecular weight excluding hydrogens is 322 g/mol. The average Bonchev–Trinajstić information content (AvgIpc) is 2.70. The highest BCUT2D eigenvalue weighted by molar-refractivity contribution is 5.72. The smallest absolute Gasteiger partial charge is 0.267 e. The van der Waals surface area contributed by atoms with E-state index in [0.717, 1.165) is 24.0 Å². The molecule has 4 rings (SSSR count). The Morgan fingerprint density at radius 1 is 0.808 bits per heavy atom. The third-order valence-electron chi connectivity index (χ3n) is 4.42. The van der Waals surface area contributed by atoms with Gasteiger partial charge in [-0.05, 0) is 49.1 Å². The molecule has 128 valence electrons. The summed E-state index contributed by atoms with van der Waals surface area (Å²) in [6, 6.07) is 23.7. The van der Waals surface area contributed by atoms with Crippen molar-refractivity contribution in [1.82, 2.24) is 14.5 Å². The van der Waals surface area contributed by atoms with Gasteiger partial charge in [0.05, 0.1) is 5.69 Å². The lowest BCUT2D eigenvalue weighted by Gasteiger charge is -2.11. The van der Waals surface area contributed by atoms with E-state index in [1.807, 2.05) is 60.7 Å². The minimum atomic E-state index is -0.0875. The molecule has 0 amide bonds. The van der Waals surface area contributed by atoms with E-state index in [-0.39, 0.29) is 5.56 Å². The van der Waals surface area contributed by atoms with E-state index < -0.39 is 0 Å². The SMILES string of the molecule is O=c1c(CCCc2ccccc2)nc2cccnc2n1-c1ccccc1. The van der Waals surface area contributed by atoms with Crippen molar-refractivity contribution in [3.63, 3.8) is 0 Å². The fourth-order valence-electron chi connectivity index (χ4n) is 3.15. The number of para-hydroxylation sites is 1. The summed E-state index contributed by atoms with van der Waals surface area (Å²) in [6.45, 7) is 0. The van der Waals surface area contributed by atoms with Gasteiger partial charge in [-0.3, -0.25) is 9.36 Å². The molecule has 4 heteroatoms.